The first kappa shape index (κ1) is 76.0. The average Bonchev–Trinajstić information content (AvgIpc) is 3.40. The number of carbonyl (C=O) groups is 2. The summed E-state index contributed by atoms with van der Waals surface area (Å²) in [6.45, 7) is 15.0. The van der Waals surface area contributed by atoms with E-state index in [-0.39, 0.29) is 11.9 Å². The largest absolute Gasteiger partial charge is 0.466 e. The highest BCUT2D eigenvalue weighted by Gasteiger charge is 2.05. The fourth-order valence-electron chi connectivity index (χ4n) is 9.88. The second-order valence-electron chi connectivity index (χ2n) is 24.0. The Bertz CT molecular complexity index is 1130. The van der Waals surface area contributed by atoms with E-state index in [4.69, 9.17) is 9.47 Å². The van der Waals surface area contributed by atoms with Gasteiger partial charge in [0.25, 0.3) is 0 Å². The highest BCUT2D eigenvalue weighted by molar-refractivity contribution is 5.69. The van der Waals surface area contributed by atoms with Crippen molar-refractivity contribution >= 4 is 11.9 Å². The molecule has 0 aromatic carbocycles. The molecule has 0 heterocycles. The topological polar surface area (TPSA) is 52.6 Å². The lowest BCUT2D eigenvalue weighted by Gasteiger charge is -2.06. The van der Waals surface area contributed by atoms with Crippen LogP contribution in [0.2, 0.25) is 0 Å². The van der Waals surface area contributed by atoms with E-state index >= 15 is 0 Å². The molecule has 0 aromatic rings. The molecule has 0 spiro atoms. The molecule has 0 rings (SSSR count). The molecule has 0 amide bonds. The Morgan fingerprint density at radius 3 is 0.763 bits per heavy atom. The first-order chi connectivity index (χ1) is 37.3. The third-order valence-corrected chi connectivity index (χ3v) is 15.0. The molecule has 0 bridgehead atoms. The zero-order chi connectivity index (χ0) is 55.6. The minimum atomic E-state index is 0.0148. The standard InChI is InChI=1S/2C36H68O2/c2*1-4-5-6-7-8-9-10-11-12-13-16-19-22-25-28-31-34-38-36(37)33-30-27-24-21-18-15-14-17-20-23-26-29-32-35(2)3/h2*8-9,11-12,35H,4-7,10,13-34H2,1-3H3/b2*9-8-,12-11-. The van der Waals surface area contributed by atoms with Crippen LogP contribution < -0.4 is 0 Å². The van der Waals surface area contributed by atoms with Crippen molar-refractivity contribution in [3.8, 4) is 0 Å². The van der Waals surface area contributed by atoms with Gasteiger partial charge in [0.2, 0.25) is 0 Å². The summed E-state index contributed by atoms with van der Waals surface area (Å²) in [5.74, 6) is 1.76. The van der Waals surface area contributed by atoms with Crippen molar-refractivity contribution in [3.05, 3.63) is 48.6 Å². The number of esters is 2. The van der Waals surface area contributed by atoms with Gasteiger partial charge in [0.15, 0.2) is 0 Å². The lowest BCUT2D eigenvalue weighted by molar-refractivity contribution is -0.144. The average molecular weight is 1070 g/mol. The molecule has 0 aliphatic carbocycles. The van der Waals surface area contributed by atoms with Crippen LogP contribution in [0.5, 0.6) is 0 Å². The Balaban J connectivity index is 0. The van der Waals surface area contributed by atoms with Gasteiger partial charge in [0.05, 0.1) is 13.2 Å². The van der Waals surface area contributed by atoms with Gasteiger partial charge in [-0.05, 0) is 102 Å². The Kier molecular flexibility index (Phi) is 69.0. The molecule has 0 radical (unpaired) electrons. The summed E-state index contributed by atoms with van der Waals surface area (Å²) in [7, 11) is 0. The van der Waals surface area contributed by atoms with Gasteiger partial charge in [-0.3, -0.25) is 9.59 Å². The van der Waals surface area contributed by atoms with Crippen LogP contribution in [-0.4, -0.2) is 25.2 Å². The molecule has 4 heteroatoms. The van der Waals surface area contributed by atoms with Gasteiger partial charge in [-0.1, -0.05) is 321 Å². The number of unbranched alkanes of at least 4 members (excludes halogenated alkanes) is 40. The Morgan fingerprint density at radius 2 is 0.500 bits per heavy atom. The predicted octanol–water partition coefficient (Wildman–Crippen LogP) is 24.9. The lowest BCUT2D eigenvalue weighted by Crippen LogP contribution is -2.05. The minimum Gasteiger partial charge on any atom is -0.466 e. The highest BCUT2D eigenvalue weighted by Crippen LogP contribution is 2.17. The maximum absolute atomic E-state index is 11.9. The first-order valence-electron chi connectivity index (χ1n) is 34.2. The van der Waals surface area contributed by atoms with Crippen molar-refractivity contribution in [1.82, 2.24) is 0 Å². The molecule has 0 aliphatic heterocycles. The summed E-state index contributed by atoms with van der Waals surface area (Å²) in [6.07, 6.45) is 84.5. The summed E-state index contributed by atoms with van der Waals surface area (Å²) >= 11 is 0. The molecule has 0 aromatic heterocycles. The molecule has 0 aliphatic rings. The molecular weight excluding hydrogens is 929 g/mol. The Hall–Kier alpha value is -2.10. The molecule has 0 saturated carbocycles. The van der Waals surface area contributed by atoms with E-state index in [1.54, 1.807) is 0 Å². The third-order valence-electron chi connectivity index (χ3n) is 15.0. The van der Waals surface area contributed by atoms with Crippen LogP contribution in [-0.2, 0) is 19.1 Å². The molecule has 0 unspecified atom stereocenters. The van der Waals surface area contributed by atoms with Gasteiger partial charge in [-0.2, -0.15) is 0 Å². The number of hydrogen-bond acceptors (Lipinski definition) is 4. The van der Waals surface area contributed by atoms with Crippen LogP contribution >= 0.6 is 0 Å². The second-order valence-corrected chi connectivity index (χ2v) is 24.0. The quantitative estimate of drug-likeness (QED) is 0.0346. The molecule has 4 nitrogen and oxygen atoms in total. The van der Waals surface area contributed by atoms with Crippen molar-refractivity contribution < 1.29 is 19.1 Å². The van der Waals surface area contributed by atoms with Crippen LogP contribution in [0.3, 0.4) is 0 Å². The number of ether oxygens (including phenoxy) is 2. The highest BCUT2D eigenvalue weighted by atomic mass is 16.5. The fraction of sp³-hybridized carbons (Fsp3) is 0.861. The van der Waals surface area contributed by atoms with Crippen molar-refractivity contribution in [1.29, 1.82) is 0 Å². The third kappa shape index (κ3) is 74.0. The van der Waals surface area contributed by atoms with E-state index in [0.29, 0.717) is 26.1 Å². The minimum absolute atomic E-state index is 0.0148. The summed E-state index contributed by atoms with van der Waals surface area (Å²) in [6, 6.07) is 0. The van der Waals surface area contributed by atoms with E-state index in [0.717, 1.165) is 50.4 Å². The first-order valence-corrected chi connectivity index (χ1v) is 34.2. The van der Waals surface area contributed by atoms with Gasteiger partial charge in [0, 0.05) is 12.8 Å². The van der Waals surface area contributed by atoms with E-state index in [2.05, 4.69) is 90.2 Å². The normalized spacial score (nSPS) is 11.9. The number of rotatable bonds is 60. The van der Waals surface area contributed by atoms with Crippen LogP contribution in [0.25, 0.3) is 0 Å². The molecule has 0 atom stereocenters. The summed E-state index contributed by atoms with van der Waals surface area (Å²) in [5.41, 5.74) is 0. The molecule has 0 N–H and O–H groups in total. The molecule has 0 saturated heterocycles. The van der Waals surface area contributed by atoms with Gasteiger partial charge in [-0.25, -0.2) is 0 Å². The van der Waals surface area contributed by atoms with E-state index in [1.165, 1.54) is 283 Å². The predicted molar refractivity (Wildman–Crippen MR) is 340 cm³/mol. The number of carbonyl (C=O) groups excluding carboxylic acids is 2. The van der Waals surface area contributed by atoms with Gasteiger partial charge in [0.1, 0.15) is 0 Å². The van der Waals surface area contributed by atoms with Crippen LogP contribution in [0, 0.1) is 11.8 Å². The number of hydrogen-bond donors (Lipinski definition) is 0. The lowest BCUT2D eigenvalue weighted by atomic mass is 10.0. The summed E-state index contributed by atoms with van der Waals surface area (Å²) < 4.78 is 10.9. The van der Waals surface area contributed by atoms with Crippen molar-refractivity contribution in [2.75, 3.05) is 13.2 Å². The zero-order valence-corrected chi connectivity index (χ0v) is 52.6. The summed E-state index contributed by atoms with van der Waals surface area (Å²) in [5, 5.41) is 0. The van der Waals surface area contributed by atoms with E-state index in [9.17, 15) is 9.59 Å². The van der Waals surface area contributed by atoms with Crippen molar-refractivity contribution in [2.24, 2.45) is 11.8 Å². The van der Waals surface area contributed by atoms with Crippen LogP contribution in [0.1, 0.15) is 375 Å². The van der Waals surface area contributed by atoms with E-state index in [1.807, 2.05) is 0 Å². The second kappa shape index (κ2) is 69.0. The van der Waals surface area contributed by atoms with Crippen molar-refractivity contribution in [3.63, 3.8) is 0 Å². The maximum atomic E-state index is 11.9. The number of allylic oxidation sites excluding steroid dienone is 8. The molecule has 76 heavy (non-hydrogen) atoms. The monoisotopic (exact) mass is 1070 g/mol. The molecular formula is C72H136O4. The molecule has 0 fully saturated rings. The SMILES string of the molecule is CCCCC/C=C\C/C=C\CCCCCCCCOC(=O)CCCCCCCCCCCCCCC(C)C.CCCCC/C=C\C/C=C\CCCCCCCCOC(=O)CCCCCCCCCCCCCCC(C)C. The van der Waals surface area contributed by atoms with Crippen LogP contribution in [0.4, 0.5) is 0 Å². The van der Waals surface area contributed by atoms with Crippen LogP contribution in [0.15, 0.2) is 48.6 Å². The zero-order valence-electron chi connectivity index (χ0n) is 52.6. The molecule has 448 valence electrons. The fourth-order valence-corrected chi connectivity index (χ4v) is 9.88. The van der Waals surface area contributed by atoms with Gasteiger partial charge in [-0.15, -0.1) is 0 Å². The Morgan fingerprint density at radius 1 is 0.276 bits per heavy atom. The van der Waals surface area contributed by atoms with Gasteiger partial charge >= 0.3 is 11.9 Å². The van der Waals surface area contributed by atoms with Crippen molar-refractivity contribution in [2.45, 2.75) is 375 Å². The smallest absolute Gasteiger partial charge is 0.305 e. The maximum Gasteiger partial charge on any atom is 0.305 e. The summed E-state index contributed by atoms with van der Waals surface area (Å²) in [4.78, 5) is 23.8. The van der Waals surface area contributed by atoms with E-state index < -0.39 is 0 Å². The Labute approximate surface area is 477 Å². The van der Waals surface area contributed by atoms with Gasteiger partial charge < -0.3 is 9.47 Å².